The van der Waals surface area contributed by atoms with Gasteiger partial charge in [-0.2, -0.15) is 34.3 Å². The third-order valence-corrected chi connectivity index (χ3v) is 3.53. The Hall–Kier alpha value is -1.92. The number of hydrogen-bond acceptors (Lipinski definition) is 9. The number of carbonyl (C=O) groups is 2. The summed E-state index contributed by atoms with van der Waals surface area (Å²) in [6, 6.07) is 7.93. The molecule has 3 aromatic rings. The van der Waals surface area contributed by atoms with Crippen molar-refractivity contribution in [2.75, 3.05) is 25.3 Å². The predicted octanol–water partition coefficient (Wildman–Crippen LogP) is -1.95. The molecule has 0 radical (unpaired) electrons. The minimum absolute atomic E-state index is 0. The summed E-state index contributed by atoms with van der Waals surface area (Å²) in [7, 11) is 2.55. The largest absolute Gasteiger partial charge is 1.00 e. The maximum absolute atomic E-state index is 11.5. The van der Waals surface area contributed by atoms with Crippen LogP contribution in [-0.4, -0.2) is 51.5 Å². The molecular weight excluding hydrogens is 442 g/mol. The molecule has 0 aliphatic carbocycles. The number of hydrogen-bond donors (Lipinski definition) is 2. The fourth-order valence-electron chi connectivity index (χ4n) is 2.31. The average molecular weight is 458 g/mol. The van der Waals surface area contributed by atoms with Crippen molar-refractivity contribution >= 4 is 34.9 Å². The Morgan fingerprint density at radius 3 is 2.61 bits per heavy atom. The van der Waals surface area contributed by atoms with Crippen LogP contribution >= 0.6 is 0 Å². The fourth-order valence-corrected chi connectivity index (χ4v) is 2.31. The van der Waals surface area contributed by atoms with Crippen LogP contribution in [0.3, 0.4) is 0 Å². The molecule has 0 fully saturated rings. The molecule has 4 N–H and O–H groups in total. The van der Waals surface area contributed by atoms with Gasteiger partial charge in [0.1, 0.15) is 11.0 Å². The van der Waals surface area contributed by atoms with Crippen LogP contribution in [0.4, 0.5) is 16.6 Å². The number of ether oxygens (including phenoxy) is 2. The number of nitrogens with zero attached hydrogens (tertiary/aromatic N) is 4. The van der Waals surface area contributed by atoms with Gasteiger partial charge in [-0.1, -0.05) is 5.56 Å². The second kappa shape index (κ2) is 10.6. The molecule has 3 rings (SSSR count). The summed E-state index contributed by atoms with van der Waals surface area (Å²) >= 11 is 0. The number of fused-ring (bicyclic) bond motifs is 1. The molecule has 142 valence electrons. The monoisotopic (exact) mass is 457 g/mol. The molecule has 0 aliphatic rings. The molecule has 1 amide bonds. The van der Waals surface area contributed by atoms with Gasteiger partial charge in [0.05, 0.1) is 20.4 Å². The van der Waals surface area contributed by atoms with Gasteiger partial charge < -0.3 is 20.7 Å². The Bertz CT molecular complexity index is 976. The fraction of sp³-hybridized carbons (Fsp3) is 0.188. The van der Waals surface area contributed by atoms with Crippen LogP contribution in [0.2, 0.25) is 0 Å². The Balaban J connectivity index is 0.00000196. The van der Waals surface area contributed by atoms with E-state index in [4.69, 9.17) is 5.73 Å². The molecule has 12 heteroatoms. The maximum atomic E-state index is 11.5. The molecule has 0 unspecified atom stereocenters. The van der Waals surface area contributed by atoms with Crippen LogP contribution in [0.5, 0.6) is 0 Å². The van der Waals surface area contributed by atoms with E-state index in [1.807, 2.05) is 0 Å². The molecule has 11 nitrogen and oxygen atoms in total. The second-order valence-corrected chi connectivity index (χ2v) is 5.18. The first kappa shape index (κ1) is 24.1. The van der Waals surface area contributed by atoms with Crippen molar-refractivity contribution in [3.63, 3.8) is 0 Å². The van der Waals surface area contributed by atoms with Gasteiger partial charge in [-0.25, -0.2) is 9.78 Å². The Kier molecular flexibility index (Phi) is 9.11. The molecule has 2 heterocycles. The molecule has 0 saturated carbocycles. The van der Waals surface area contributed by atoms with Gasteiger partial charge in [0.25, 0.3) is 5.97 Å². The second-order valence-electron chi connectivity index (χ2n) is 5.18. The number of nitrogen functional groups attached to an aromatic ring is 1. The molecule has 28 heavy (non-hydrogen) atoms. The topological polar surface area (TPSA) is 164 Å². The third-order valence-electron chi connectivity index (χ3n) is 3.53. The number of esters is 1. The quantitative estimate of drug-likeness (QED) is 0.334. The van der Waals surface area contributed by atoms with Gasteiger partial charge in [-0.15, -0.1) is 5.56 Å². The normalized spacial score (nSPS) is 9.79. The standard InChI is InChI=1S/C16H15N6O4.H2O.Rb/c1-25-14(23)10-5-3-9(4-6-10)8-22-12-11(7-18-22)19-15(20-13(12)17)21-16(24)26-2;;/h3,5-7H,8H2,1-2H3,(H3,17,19,20,21,24);1H2;/q-1;;+1/p-1. The zero-order chi connectivity index (χ0) is 18.7. The van der Waals surface area contributed by atoms with Crippen LogP contribution in [0.15, 0.2) is 24.4 Å². The zero-order valence-electron chi connectivity index (χ0n) is 15.5. The van der Waals surface area contributed by atoms with Crippen LogP contribution in [-0.2, 0) is 16.0 Å². The van der Waals surface area contributed by atoms with E-state index in [9.17, 15) is 9.59 Å². The molecular formula is C16H16N6O5Rb-. The molecule has 2 aromatic heterocycles. The summed E-state index contributed by atoms with van der Waals surface area (Å²) in [6.07, 6.45) is 0.815. The van der Waals surface area contributed by atoms with E-state index < -0.39 is 12.1 Å². The average Bonchev–Trinajstić information content (AvgIpc) is 3.04. The van der Waals surface area contributed by atoms with E-state index in [2.05, 4.69) is 35.9 Å². The first-order valence-electron chi connectivity index (χ1n) is 7.44. The summed E-state index contributed by atoms with van der Waals surface area (Å²) < 4.78 is 10.8. The summed E-state index contributed by atoms with van der Waals surface area (Å²) in [4.78, 5) is 30.9. The Morgan fingerprint density at radius 2 is 2.00 bits per heavy atom. The summed E-state index contributed by atoms with van der Waals surface area (Å²) in [5.74, 6) is -0.249. The van der Waals surface area contributed by atoms with E-state index in [1.54, 1.807) is 22.9 Å². The van der Waals surface area contributed by atoms with E-state index >= 15 is 0 Å². The number of methoxy groups -OCH3 is 2. The zero-order valence-corrected chi connectivity index (χ0v) is 20.4. The minimum atomic E-state index is -0.698. The van der Waals surface area contributed by atoms with Gasteiger partial charge >= 0.3 is 64.3 Å². The van der Waals surface area contributed by atoms with Crippen molar-refractivity contribution < 1.29 is 82.7 Å². The molecule has 0 aliphatic heterocycles. The van der Waals surface area contributed by atoms with Crippen LogP contribution in [0, 0.1) is 6.07 Å². The number of carbonyl (C=O) groups excluding carboxylic acids is 2. The smallest absolute Gasteiger partial charge is 0.870 e. The number of nitrogens with two attached hydrogens (primary N) is 1. The van der Waals surface area contributed by atoms with E-state index in [0.29, 0.717) is 23.1 Å². The van der Waals surface area contributed by atoms with Crippen molar-refractivity contribution in [3.05, 3.63) is 41.6 Å². The molecule has 0 spiro atoms. The van der Waals surface area contributed by atoms with Crippen molar-refractivity contribution in [2.45, 2.75) is 6.54 Å². The Labute approximate surface area is 208 Å². The maximum Gasteiger partial charge on any atom is 1.00 e. The van der Waals surface area contributed by atoms with Crippen molar-refractivity contribution in [1.29, 1.82) is 0 Å². The number of aromatic nitrogens is 4. The predicted molar refractivity (Wildman–Crippen MR) is 93.4 cm³/mol. The number of benzene rings is 1. The first-order chi connectivity index (χ1) is 12.5. The molecule has 0 saturated heterocycles. The van der Waals surface area contributed by atoms with E-state index in [-0.39, 0.29) is 75.4 Å². The Morgan fingerprint density at radius 1 is 1.25 bits per heavy atom. The van der Waals surface area contributed by atoms with E-state index in [1.165, 1.54) is 20.4 Å². The molecule has 0 atom stereocenters. The van der Waals surface area contributed by atoms with Gasteiger partial charge in [0.15, 0.2) is 5.82 Å². The summed E-state index contributed by atoms with van der Waals surface area (Å²) in [5, 5.41) is 6.60. The minimum Gasteiger partial charge on any atom is -0.870 e. The van der Waals surface area contributed by atoms with Gasteiger partial charge in [0.2, 0.25) is 5.95 Å². The number of amides is 1. The van der Waals surface area contributed by atoms with Crippen LogP contribution in [0.1, 0.15) is 15.9 Å². The summed E-state index contributed by atoms with van der Waals surface area (Å²) in [5.41, 5.74) is 8.15. The van der Waals surface area contributed by atoms with E-state index in [0.717, 1.165) is 5.56 Å². The molecule has 0 bridgehead atoms. The van der Waals surface area contributed by atoms with Crippen molar-refractivity contribution in [3.8, 4) is 0 Å². The van der Waals surface area contributed by atoms with Crippen molar-refractivity contribution in [2.24, 2.45) is 0 Å². The molecule has 1 aromatic carbocycles. The first-order valence-corrected chi connectivity index (χ1v) is 7.44. The third kappa shape index (κ3) is 5.32. The number of anilines is 2. The SMILES string of the molecule is COC(=O)Nc1nc(N)c2c(cnn2Cc2[c-]cc(C(=O)OC)cc2)n1.[OH-].[Rb+]. The van der Waals surface area contributed by atoms with Gasteiger partial charge in [-0.3, -0.25) is 14.8 Å². The van der Waals surface area contributed by atoms with Crippen LogP contribution in [0.25, 0.3) is 11.0 Å². The van der Waals surface area contributed by atoms with Crippen LogP contribution < -0.4 is 69.2 Å². The van der Waals surface area contributed by atoms with Gasteiger partial charge in [-0.05, 0) is 0 Å². The number of nitrogens with one attached hydrogen (secondary N) is 1. The van der Waals surface area contributed by atoms with Crippen molar-refractivity contribution in [1.82, 2.24) is 19.7 Å². The van der Waals surface area contributed by atoms with Gasteiger partial charge in [0, 0.05) is 6.54 Å². The number of rotatable bonds is 4. The summed E-state index contributed by atoms with van der Waals surface area (Å²) in [6.45, 7) is 0.349.